The van der Waals surface area contributed by atoms with Gasteiger partial charge in [0.2, 0.25) is 11.8 Å². The smallest absolute Gasteiger partial charge is 0.255 e. The average Bonchev–Trinajstić information content (AvgIpc) is 3.37. The molecule has 8 heteroatoms. The Labute approximate surface area is 210 Å². The lowest BCUT2D eigenvalue weighted by Crippen LogP contribution is -2.43. The number of hydrogen-bond donors (Lipinski definition) is 2. The first-order valence-corrected chi connectivity index (χ1v) is 12.5. The summed E-state index contributed by atoms with van der Waals surface area (Å²) in [6.45, 7) is 5.29. The van der Waals surface area contributed by atoms with Gasteiger partial charge in [0, 0.05) is 42.8 Å². The van der Waals surface area contributed by atoms with Crippen LogP contribution in [0.5, 0.6) is 0 Å². The fourth-order valence-electron chi connectivity index (χ4n) is 3.65. The third-order valence-corrected chi connectivity index (χ3v) is 6.12. The summed E-state index contributed by atoms with van der Waals surface area (Å²) in [5, 5.41) is 7.63. The second kappa shape index (κ2) is 13.4. The molecule has 1 heterocycles. The first-order valence-electron chi connectivity index (χ1n) is 11.6. The number of benzene rings is 2. The lowest BCUT2D eigenvalue weighted by atomic mass is 10.0. The van der Waals surface area contributed by atoms with Gasteiger partial charge in [0.05, 0.1) is 6.54 Å². The van der Waals surface area contributed by atoms with Gasteiger partial charge >= 0.3 is 0 Å². The number of amides is 3. The number of carbonyl (C=O) groups excluding carboxylic acids is 3. The zero-order valence-corrected chi connectivity index (χ0v) is 20.8. The molecular weight excluding hydrogens is 462 g/mol. The molecule has 35 heavy (non-hydrogen) atoms. The Hall–Kier alpha value is -3.49. The van der Waals surface area contributed by atoms with E-state index < -0.39 is 6.04 Å². The Bertz CT molecular complexity index is 1090. The van der Waals surface area contributed by atoms with Crippen LogP contribution in [0.1, 0.15) is 47.1 Å². The molecular formula is C27H31N3O4S. The number of ether oxygens (including phenoxy) is 1. The van der Waals surface area contributed by atoms with Crippen molar-refractivity contribution in [3.05, 3.63) is 88.1 Å². The monoisotopic (exact) mass is 493 g/mol. The molecule has 1 aromatic heterocycles. The Balaban J connectivity index is 1.91. The molecule has 0 aliphatic rings. The Morgan fingerprint density at radius 1 is 1.00 bits per heavy atom. The van der Waals surface area contributed by atoms with Gasteiger partial charge in [0.1, 0.15) is 6.04 Å². The van der Waals surface area contributed by atoms with Gasteiger partial charge in [-0.25, -0.2) is 0 Å². The summed E-state index contributed by atoms with van der Waals surface area (Å²) < 4.78 is 5.37. The number of anilines is 1. The highest BCUT2D eigenvalue weighted by molar-refractivity contribution is 7.09. The van der Waals surface area contributed by atoms with E-state index in [9.17, 15) is 14.4 Å². The summed E-state index contributed by atoms with van der Waals surface area (Å²) in [4.78, 5) is 41.2. The maximum atomic E-state index is 13.8. The van der Waals surface area contributed by atoms with Crippen molar-refractivity contribution in [1.29, 1.82) is 0 Å². The minimum absolute atomic E-state index is 0.187. The minimum atomic E-state index is -0.812. The molecule has 0 bridgehead atoms. The molecule has 0 spiro atoms. The highest BCUT2D eigenvalue weighted by Gasteiger charge is 2.32. The maximum Gasteiger partial charge on any atom is 0.255 e. The molecule has 3 rings (SSSR count). The lowest BCUT2D eigenvalue weighted by molar-refractivity contribution is -0.126. The minimum Gasteiger partial charge on any atom is -0.382 e. The van der Waals surface area contributed by atoms with Crippen molar-refractivity contribution in [2.75, 3.05) is 25.1 Å². The predicted molar refractivity (Wildman–Crippen MR) is 138 cm³/mol. The van der Waals surface area contributed by atoms with Crippen molar-refractivity contribution in [3.8, 4) is 0 Å². The SMILES string of the molecule is CCOCCCNC(=O)[C@@H](c1ccccc1)N(Cc1cccs1)C(=O)c1ccc(NC(C)=O)cc1. The van der Waals surface area contributed by atoms with Crippen LogP contribution in [0, 0.1) is 0 Å². The van der Waals surface area contributed by atoms with Crippen LogP contribution in [-0.2, 0) is 20.9 Å². The van der Waals surface area contributed by atoms with Crippen molar-refractivity contribution in [2.45, 2.75) is 32.9 Å². The topological polar surface area (TPSA) is 87.7 Å². The number of hydrogen-bond acceptors (Lipinski definition) is 5. The molecule has 7 nitrogen and oxygen atoms in total. The zero-order valence-electron chi connectivity index (χ0n) is 20.0. The number of nitrogens with zero attached hydrogens (tertiary/aromatic N) is 1. The standard InChI is InChI=1S/C27H31N3O4S/c1-3-34-17-8-16-28-26(32)25(21-9-5-4-6-10-21)30(19-24-11-7-18-35-24)27(33)22-12-14-23(15-13-22)29-20(2)31/h4-7,9-15,18,25H,3,8,16-17,19H2,1-2H3,(H,28,32)(H,29,31)/t25-/m1/s1. The average molecular weight is 494 g/mol. The van der Waals surface area contributed by atoms with E-state index in [2.05, 4.69) is 10.6 Å². The van der Waals surface area contributed by atoms with E-state index in [-0.39, 0.29) is 24.3 Å². The lowest BCUT2D eigenvalue weighted by Gasteiger charge is -2.31. The summed E-state index contributed by atoms with van der Waals surface area (Å²) in [6, 6.07) is 19.1. The quantitative estimate of drug-likeness (QED) is 0.360. The van der Waals surface area contributed by atoms with E-state index in [1.807, 2.05) is 54.8 Å². The third kappa shape index (κ3) is 7.77. The fourth-order valence-corrected chi connectivity index (χ4v) is 4.35. The normalized spacial score (nSPS) is 11.5. The van der Waals surface area contributed by atoms with Gasteiger partial charge < -0.3 is 20.3 Å². The summed E-state index contributed by atoms with van der Waals surface area (Å²) in [5.74, 6) is -0.702. The summed E-state index contributed by atoms with van der Waals surface area (Å²) in [5.41, 5.74) is 1.76. The van der Waals surface area contributed by atoms with E-state index >= 15 is 0 Å². The van der Waals surface area contributed by atoms with Gasteiger partial charge in [-0.05, 0) is 54.6 Å². The van der Waals surface area contributed by atoms with Crippen LogP contribution < -0.4 is 10.6 Å². The van der Waals surface area contributed by atoms with Crippen LogP contribution in [0.3, 0.4) is 0 Å². The fraction of sp³-hybridized carbons (Fsp3) is 0.296. The molecule has 0 aliphatic heterocycles. The highest BCUT2D eigenvalue weighted by atomic mass is 32.1. The van der Waals surface area contributed by atoms with E-state index in [1.165, 1.54) is 18.3 Å². The van der Waals surface area contributed by atoms with E-state index in [0.29, 0.717) is 37.4 Å². The highest BCUT2D eigenvalue weighted by Crippen LogP contribution is 2.27. The van der Waals surface area contributed by atoms with Crippen LogP contribution in [-0.4, -0.2) is 42.4 Å². The molecule has 0 unspecified atom stereocenters. The molecule has 0 fully saturated rings. The zero-order chi connectivity index (χ0) is 25.0. The van der Waals surface area contributed by atoms with Gasteiger partial charge in [-0.3, -0.25) is 14.4 Å². The van der Waals surface area contributed by atoms with Gasteiger partial charge in [-0.15, -0.1) is 11.3 Å². The van der Waals surface area contributed by atoms with Crippen LogP contribution in [0.25, 0.3) is 0 Å². The Morgan fingerprint density at radius 2 is 1.74 bits per heavy atom. The maximum absolute atomic E-state index is 13.8. The Morgan fingerprint density at radius 3 is 2.37 bits per heavy atom. The predicted octanol–water partition coefficient (Wildman–Crippen LogP) is 4.63. The summed E-state index contributed by atoms with van der Waals surface area (Å²) in [6.07, 6.45) is 0.685. The number of nitrogens with one attached hydrogen (secondary N) is 2. The van der Waals surface area contributed by atoms with Gasteiger partial charge in [-0.1, -0.05) is 36.4 Å². The second-order valence-corrected chi connectivity index (χ2v) is 8.96. The van der Waals surface area contributed by atoms with Crippen molar-refractivity contribution >= 4 is 34.7 Å². The number of thiophene rings is 1. The van der Waals surface area contributed by atoms with Crippen LogP contribution in [0.2, 0.25) is 0 Å². The van der Waals surface area contributed by atoms with Crippen molar-refractivity contribution in [1.82, 2.24) is 10.2 Å². The van der Waals surface area contributed by atoms with Gasteiger partial charge in [0.25, 0.3) is 5.91 Å². The largest absolute Gasteiger partial charge is 0.382 e. The second-order valence-electron chi connectivity index (χ2n) is 7.93. The van der Waals surface area contributed by atoms with Crippen molar-refractivity contribution in [3.63, 3.8) is 0 Å². The van der Waals surface area contributed by atoms with E-state index in [1.54, 1.807) is 29.2 Å². The molecule has 0 aliphatic carbocycles. The number of rotatable bonds is 12. The molecule has 2 N–H and O–H groups in total. The molecule has 3 amide bonds. The van der Waals surface area contributed by atoms with Gasteiger partial charge in [-0.2, -0.15) is 0 Å². The van der Waals surface area contributed by atoms with E-state index in [0.717, 1.165) is 10.4 Å². The van der Waals surface area contributed by atoms with Crippen LogP contribution in [0.4, 0.5) is 5.69 Å². The van der Waals surface area contributed by atoms with E-state index in [4.69, 9.17) is 4.74 Å². The molecule has 2 aromatic carbocycles. The molecule has 0 radical (unpaired) electrons. The molecule has 3 aromatic rings. The first-order chi connectivity index (χ1) is 17.0. The molecule has 0 saturated carbocycles. The van der Waals surface area contributed by atoms with Crippen molar-refractivity contribution < 1.29 is 19.1 Å². The van der Waals surface area contributed by atoms with Crippen LogP contribution >= 0.6 is 11.3 Å². The molecule has 0 saturated heterocycles. The van der Waals surface area contributed by atoms with Crippen molar-refractivity contribution in [2.24, 2.45) is 0 Å². The Kier molecular flexibility index (Phi) is 10.0. The van der Waals surface area contributed by atoms with Crippen LogP contribution in [0.15, 0.2) is 72.1 Å². The first kappa shape index (κ1) is 26.1. The third-order valence-electron chi connectivity index (χ3n) is 5.26. The molecule has 1 atom stereocenters. The molecule has 184 valence electrons. The van der Waals surface area contributed by atoms with Gasteiger partial charge in [0.15, 0.2) is 0 Å². The number of carbonyl (C=O) groups is 3. The summed E-state index contributed by atoms with van der Waals surface area (Å²) >= 11 is 1.53. The summed E-state index contributed by atoms with van der Waals surface area (Å²) in [7, 11) is 0.